The van der Waals surface area contributed by atoms with Gasteiger partial charge in [-0.25, -0.2) is 0 Å². The molecular formula is C9H18O2. The van der Waals surface area contributed by atoms with Gasteiger partial charge in [0.1, 0.15) is 6.29 Å². The molecule has 0 amide bonds. The predicted octanol–water partition coefficient (Wildman–Crippen LogP) is 2.03. The first kappa shape index (κ1) is 10.6. The Morgan fingerprint density at radius 1 is 1.27 bits per heavy atom. The molecule has 0 rings (SSSR count). The Kier molecular flexibility index (Phi) is 3.24. The Balaban J connectivity index is 4.12. The largest absolute Gasteiger partial charge is 0.379 e. The highest BCUT2D eigenvalue weighted by Crippen LogP contribution is 2.27. The lowest BCUT2D eigenvalue weighted by Gasteiger charge is -2.29. The van der Waals surface area contributed by atoms with Crippen LogP contribution < -0.4 is 0 Å². The lowest BCUT2D eigenvalue weighted by atomic mass is 9.83. The Hall–Kier alpha value is -0.370. The zero-order valence-electron chi connectivity index (χ0n) is 8.10. The predicted molar refractivity (Wildman–Crippen MR) is 45.6 cm³/mol. The van der Waals surface area contributed by atoms with Crippen LogP contribution in [0.2, 0.25) is 0 Å². The maximum Gasteiger partial charge on any atom is 0.125 e. The number of rotatable bonds is 4. The van der Waals surface area contributed by atoms with E-state index in [1.165, 1.54) is 0 Å². The molecule has 2 heteroatoms. The van der Waals surface area contributed by atoms with Crippen molar-refractivity contribution in [2.45, 2.75) is 39.7 Å². The highest BCUT2D eigenvalue weighted by molar-refractivity contribution is 5.58. The molecule has 0 saturated heterocycles. The van der Waals surface area contributed by atoms with E-state index in [0.717, 1.165) is 12.7 Å². The Morgan fingerprint density at radius 3 is 2.00 bits per heavy atom. The van der Waals surface area contributed by atoms with Crippen LogP contribution >= 0.6 is 0 Å². The minimum atomic E-state index is -0.278. The minimum absolute atomic E-state index is 0.204. The van der Waals surface area contributed by atoms with E-state index in [-0.39, 0.29) is 11.0 Å². The van der Waals surface area contributed by atoms with Crippen LogP contribution in [-0.2, 0) is 9.53 Å². The number of carbonyl (C=O) groups is 1. The molecule has 0 aromatic carbocycles. The Bertz CT molecular complexity index is 136. The van der Waals surface area contributed by atoms with E-state index in [1.807, 2.05) is 27.7 Å². The summed E-state index contributed by atoms with van der Waals surface area (Å²) in [4.78, 5) is 10.6. The number of ether oxygens (including phenoxy) is 1. The van der Waals surface area contributed by atoms with Gasteiger partial charge in [0.05, 0.1) is 5.60 Å². The summed E-state index contributed by atoms with van der Waals surface area (Å²) >= 11 is 0. The molecule has 0 heterocycles. The van der Waals surface area contributed by atoms with Gasteiger partial charge in [-0.1, -0.05) is 13.8 Å². The van der Waals surface area contributed by atoms with Gasteiger partial charge in [-0.15, -0.1) is 0 Å². The van der Waals surface area contributed by atoms with Crippen molar-refractivity contribution in [2.75, 3.05) is 7.11 Å². The van der Waals surface area contributed by atoms with Gasteiger partial charge in [0.2, 0.25) is 0 Å². The fraction of sp³-hybridized carbons (Fsp3) is 0.889. The van der Waals surface area contributed by atoms with Gasteiger partial charge >= 0.3 is 0 Å². The summed E-state index contributed by atoms with van der Waals surface area (Å²) in [5, 5.41) is 0. The van der Waals surface area contributed by atoms with E-state index >= 15 is 0 Å². The highest BCUT2D eigenvalue weighted by Gasteiger charge is 2.27. The first-order valence-electron chi connectivity index (χ1n) is 3.84. The number of hydrogen-bond donors (Lipinski definition) is 0. The van der Waals surface area contributed by atoms with Crippen molar-refractivity contribution >= 4 is 6.29 Å². The third-order valence-corrected chi connectivity index (χ3v) is 1.75. The first-order valence-corrected chi connectivity index (χ1v) is 3.84. The van der Waals surface area contributed by atoms with Crippen molar-refractivity contribution in [3.8, 4) is 0 Å². The van der Waals surface area contributed by atoms with Crippen LogP contribution in [0.15, 0.2) is 0 Å². The molecule has 0 spiro atoms. The maximum atomic E-state index is 10.6. The van der Waals surface area contributed by atoms with Crippen molar-refractivity contribution < 1.29 is 9.53 Å². The number of methoxy groups -OCH3 is 1. The molecule has 0 bridgehead atoms. The van der Waals surface area contributed by atoms with E-state index in [0.29, 0.717) is 0 Å². The molecule has 2 nitrogen and oxygen atoms in total. The molecule has 0 aromatic rings. The van der Waals surface area contributed by atoms with Gasteiger partial charge in [-0.05, 0) is 20.3 Å². The van der Waals surface area contributed by atoms with Crippen LogP contribution in [0.25, 0.3) is 0 Å². The van der Waals surface area contributed by atoms with Crippen molar-refractivity contribution in [1.29, 1.82) is 0 Å². The summed E-state index contributed by atoms with van der Waals surface area (Å²) in [5.74, 6) is 0. The van der Waals surface area contributed by atoms with Crippen LogP contribution in [0.5, 0.6) is 0 Å². The lowest BCUT2D eigenvalue weighted by Crippen LogP contribution is -2.31. The maximum absolute atomic E-state index is 10.6. The third kappa shape index (κ3) is 4.14. The van der Waals surface area contributed by atoms with Crippen molar-refractivity contribution in [3.05, 3.63) is 0 Å². The quantitative estimate of drug-likeness (QED) is 0.585. The topological polar surface area (TPSA) is 26.3 Å². The number of carbonyl (C=O) groups excluding carboxylic acids is 1. The molecule has 66 valence electrons. The van der Waals surface area contributed by atoms with Gasteiger partial charge in [-0.3, -0.25) is 0 Å². The van der Waals surface area contributed by atoms with E-state index < -0.39 is 0 Å². The van der Waals surface area contributed by atoms with Crippen LogP contribution in [-0.4, -0.2) is 19.0 Å². The van der Waals surface area contributed by atoms with Gasteiger partial charge in [0, 0.05) is 12.5 Å². The van der Waals surface area contributed by atoms with Crippen LogP contribution in [0.4, 0.5) is 0 Å². The molecule has 0 N–H and O–H groups in total. The standard InChI is InChI=1S/C9H18O2/c1-8(2,7-10)6-9(3,4)11-5/h7H,6H2,1-5H3. The molecule has 11 heavy (non-hydrogen) atoms. The van der Waals surface area contributed by atoms with Crippen LogP contribution in [0.3, 0.4) is 0 Å². The number of aldehydes is 1. The minimum Gasteiger partial charge on any atom is -0.379 e. The summed E-state index contributed by atoms with van der Waals surface area (Å²) < 4.78 is 5.22. The van der Waals surface area contributed by atoms with Crippen molar-refractivity contribution in [1.82, 2.24) is 0 Å². The molecule has 0 aliphatic rings. The molecule has 0 aromatic heterocycles. The summed E-state index contributed by atoms with van der Waals surface area (Å²) in [7, 11) is 1.67. The zero-order chi connectivity index (χ0) is 9.12. The van der Waals surface area contributed by atoms with Gasteiger partial charge < -0.3 is 9.53 Å². The monoisotopic (exact) mass is 158 g/mol. The van der Waals surface area contributed by atoms with E-state index in [2.05, 4.69) is 0 Å². The SMILES string of the molecule is COC(C)(C)CC(C)(C)C=O. The molecular weight excluding hydrogens is 140 g/mol. The first-order chi connectivity index (χ1) is 4.83. The smallest absolute Gasteiger partial charge is 0.125 e. The van der Waals surface area contributed by atoms with Crippen molar-refractivity contribution in [2.24, 2.45) is 5.41 Å². The lowest BCUT2D eigenvalue weighted by molar-refractivity contribution is -0.118. The summed E-state index contributed by atoms with van der Waals surface area (Å²) in [6, 6.07) is 0. The fourth-order valence-electron chi connectivity index (χ4n) is 1.21. The fourth-order valence-corrected chi connectivity index (χ4v) is 1.21. The van der Waals surface area contributed by atoms with Gasteiger partial charge in [0.15, 0.2) is 0 Å². The molecule has 0 atom stereocenters. The molecule has 0 aliphatic heterocycles. The van der Waals surface area contributed by atoms with Crippen LogP contribution in [0.1, 0.15) is 34.1 Å². The van der Waals surface area contributed by atoms with E-state index in [9.17, 15) is 4.79 Å². The second-order valence-corrected chi connectivity index (χ2v) is 4.25. The third-order valence-electron chi connectivity index (χ3n) is 1.75. The Morgan fingerprint density at radius 2 is 1.73 bits per heavy atom. The normalized spacial score (nSPS) is 13.2. The summed E-state index contributed by atoms with van der Waals surface area (Å²) in [6.07, 6.45) is 1.73. The van der Waals surface area contributed by atoms with Gasteiger partial charge in [-0.2, -0.15) is 0 Å². The molecule has 0 unspecified atom stereocenters. The second-order valence-electron chi connectivity index (χ2n) is 4.25. The highest BCUT2D eigenvalue weighted by atomic mass is 16.5. The van der Waals surface area contributed by atoms with Crippen LogP contribution in [0, 0.1) is 5.41 Å². The van der Waals surface area contributed by atoms with Gasteiger partial charge in [0.25, 0.3) is 0 Å². The zero-order valence-corrected chi connectivity index (χ0v) is 8.10. The second kappa shape index (κ2) is 3.35. The van der Waals surface area contributed by atoms with E-state index in [1.54, 1.807) is 7.11 Å². The molecule has 0 saturated carbocycles. The molecule has 0 radical (unpaired) electrons. The van der Waals surface area contributed by atoms with E-state index in [4.69, 9.17) is 4.74 Å². The molecule has 0 fully saturated rings. The van der Waals surface area contributed by atoms with Crippen molar-refractivity contribution in [3.63, 3.8) is 0 Å². The number of hydrogen-bond acceptors (Lipinski definition) is 2. The Labute approximate surface area is 68.9 Å². The summed E-state index contributed by atoms with van der Waals surface area (Å²) in [6.45, 7) is 7.80. The average Bonchev–Trinajstić information content (AvgIpc) is 1.86. The summed E-state index contributed by atoms with van der Waals surface area (Å²) in [5.41, 5.74) is -0.482. The average molecular weight is 158 g/mol. The molecule has 0 aliphatic carbocycles.